The van der Waals surface area contributed by atoms with Crippen molar-refractivity contribution in [3.8, 4) is 5.75 Å². The van der Waals surface area contributed by atoms with Gasteiger partial charge in [0.15, 0.2) is 5.96 Å². The molecule has 0 amide bonds. The van der Waals surface area contributed by atoms with Crippen molar-refractivity contribution in [3.05, 3.63) is 95.6 Å². The maximum Gasteiger partial charge on any atom is 0.193 e. The highest BCUT2D eigenvalue weighted by molar-refractivity contribution is 14.0. The number of methoxy groups -OCH3 is 1. The van der Waals surface area contributed by atoms with Crippen LogP contribution in [0, 0.1) is 0 Å². The number of benzene rings is 3. The van der Waals surface area contributed by atoms with Gasteiger partial charge in [0.05, 0.1) is 6.61 Å². The van der Waals surface area contributed by atoms with E-state index in [0.717, 1.165) is 34.5 Å². The number of hydrogen-bond donors (Lipinski definition) is 2. The molecular formula is C24H28IN3O2. The molecule has 158 valence electrons. The van der Waals surface area contributed by atoms with Crippen LogP contribution >= 0.6 is 24.0 Å². The molecule has 0 heterocycles. The second kappa shape index (κ2) is 12.9. The lowest BCUT2D eigenvalue weighted by atomic mass is 10.1. The molecule has 0 radical (unpaired) electrons. The quantitative estimate of drug-likeness (QED) is 0.238. The summed E-state index contributed by atoms with van der Waals surface area (Å²) in [5.74, 6) is 1.25. The van der Waals surface area contributed by atoms with Gasteiger partial charge in [0, 0.05) is 24.9 Å². The minimum Gasteiger partial charge on any atom is -0.489 e. The first-order valence-electron chi connectivity index (χ1n) is 9.64. The lowest BCUT2D eigenvalue weighted by Crippen LogP contribution is -2.23. The highest BCUT2D eigenvalue weighted by Gasteiger charge is 2.03. The van der Waals surface area contributed by atoms with Crippen molar-refractivity contribution in [1.82, 2.24) is 0 Å². The minimum atomic E-state index is 0. The second-order valence-electron chi connectivity index (χ2n) is 6.65. The normalized spacial score (nSPS) is 10.9. The average molecular weight is 517 g/mol. The topological polar surface area (TPSA) is 68.9 Å². The van der Waals surface area contributed by atoms with Crippen LogP contribution in [0.25, 0.3) is 0 Å². The Hall–Kier alpha value is -2.58. The Morgan fingerprint density at radius 3 is 2.43 bits per heavy atom. The van der Waals surface area contributed by atoms with Gasteiger partial charge in [0.2, 0.25) is 0 Å². The third-order valence-corrected chi connectivity index (χ3v) is 4.41. The number of anilines is 1. The minimum absolute atomic E-state index is 0. The lowest BCUT2D eigenvalue weighted by Gasteiger charge is -2.11. The molecule has 0 aliphatic carbocycles. The van der Waals surface area contributed by atoms with Crippen molar-refractivity contribution in [3.63, 3.8) is 0 Å². The molecule has 3 rings (SSSR count). The van der Waals surface area contributed by atoms with Gasteiger partial charge >= 0.3 is 0 Å². The number of para-hydroxylation sites is 1. The molecule has 0 saturated carbocycles. The van der Waals surface area contributed by atoms with E-state index in [9.17, 15) is 0 Å². The first-order chi connectivity index (χ1) is 14.2. The number of hydrogen-bond acceptors (Lipinski definition) is 3. The fraction of sp³-hybridized carbons (Fsp3) is 0.208. The number of halogens is 1. The zero-order valence-corrected chi connectivity index (χ0v) is 19.4. The predicted molar refractivity (Wildman–Crippen MR) is 134 cm³/mol. The summed E-state index contributed by atoms with van der Waals surface area (Å²) in [4.78, 5) is 4.44. The Bertz CT molecular complexity index is 932. The highest BCUT2D eigenvalue weighted by Crippen LogP contribution is 2.17. The van der Waals surface area contributed by atoms with Crippen molar-refractivity contribution in [2.75, 3.05) is 19.0 Å². The van der Waals surface area contributed by atoms with E-state index in [2.05, 4.69) is 34.6 Å². The van der Waals surface area contributed by atoms with Crippen molar-refractivity contribution in [2.45, 2.75) is 19.6 Å². The van der Waals surface area contributed by atoms with Gasteiger partial charge in [-0.15, -0.1) is 24.0 Å². The van der Waals surface area contributed by atoms with Crippen molar-refractivity contribution in [1.29, 1.82) is 0 Å². The highest BCUT2D eigenvalue weighted by atomic mass is 127. The number of nitrogens with zero attached hydrogens (tertiary/aromatic N) is 1. The van der Waals surface area contributed by atoms with Crippen molar-refractivity contribution in [2.24, 2.45) is 10.7 Å². The van der Waals surface area contributed by atoms with E-state index in [-0.39, 0.29) is 24.0 Å². The van der Waals surface area contributed by atoms with Gasteiger partial charge in [-0.1, -0.05) is 60.7 Å². The largest absolute Gasteiger partial charge is 0.489 e. The number of rotatable bonds is 9. The molecule has 30 heavy (non-hydrogen) atoms. The first kappa shape index (κ1) is 23.7. The number of nitrogens with one attached hydrogen (secondary N) is 1. The van der Waals surface area contributed by atoms with Gasteiger partial charge in [-0.05, 0) is 35.7 Å². The monoisotopic (exact) mass is 517 g/mol. The SMILES string of the molecule is COCc1ccccc1NC(N)=NCCc1cccc(OCc2ccccc2)c1.I. The molecule has 0 aliphatic rings. The Kier molecular flexibility index (Phi) is 10.2. The molecule has 0 aliphatic heterocycles. The van der Waals surface area contributed by atoms with Crippen LogP contribution in [0.15, 0.2) is 83.9 Å². The standard InChI is InChI=1S/C24H27N3O2.HI/c1-28-18-21-11-5-6-13-23(21)27-24(25)26-15-14-19-10-7-12-22(16-19)29-17-20-8-3-2-4-9-20;/h2-13,16H,14-15,17-18H2,1H3,(H3,25,26,27);1H. The number of aliphatic imine (C=N–C) groups is 1. The van der Waals surface area contributed by atoms with Gasteiger partial charge in [0.25, 0.3) is 0 Å². The molecule has 0 bridgehead atoms. The van der Waals surface area contributed by atoms with E-state index >= 15 is 0 Å². The second-order valence-corrected chi connectivity index (χ2v) is 6.65. The summed E-state index contributed by atoms with van der Waals surface area (Å²) >= 11 is 0. The van der Waals surface area contributed by atoms with Crippen LogP contribution in [-0.4, -0.2) is 19.6 Å². The fourth-order valence-electron chi connectivity index (χ4n) is 2.94. The maximum absolute atomic E-state index is 6.05. The Balaban J connectivity index is 0.00000320. The average Bonchev–Trinajstić information content (AvgIpc) is 2.75. The predicted octanol–water partition coefficient (Wildman–Crippen LogP) is 5.00. The van der Waals surface area contributed by atoms with Crippen LogP contribution < -0.4 is 15.8 Å². The van der Waals surface area contributed by atoms with Gasteiger partial charge in [-0.25, -0.2) is 0 Å². The summed E-state index contributed by atoms with van der Waals surface area (Å²) in [5.41, 5.74) is 10.3. The van der Waals surface area contributed by atoms with E-state index < -0.39 is 0 Å². The van der Waals surface area contributed by atoms with Gasteiger partial charge in [-0.3, -0.25) is 4.99 Å². The zero-order chi connectivity index (χ0) is 20.3. The molecule has 0 fully saturated rings. The summed E-state index contributed by atoms with van der Waals surface area (Å²) in [5, 5.41) is 3.15. The van der Waals surface area contributed by atoms with E-state index in [4.69, 9.17) is 15.2 Å². The van der Waals surface area contributed by atoms with E-state index in [0.29, 0.717) is 25.7 Å². The van der Waals surface area contributed by atoms with Crippen LogP contribution in [0.5, 0.6) is 5.75 Å². The molecule has 0 atom stereocenters. The van der Waals surface area contributed by atoms with Crippen LogP contribution in [-0.2, 0) is 24.4 Å². The lowest BCUT2D eigenvalue weighted by molar-refractivity contribution is 0.185. The number of guanidine groups is 1. The third kappa shape index (κ3) is 7.68. The number of ether oxygens (including phenoxy) is 2. The summed E-state index contributed by atoms with van der Waals surface area (Å²) < 4.78 is 11.1. The molecule has 3 aromatic rings. The van der Waals surface area contributed by atoms with E-state index in [1.165, 1.54) is 0 Å². The molecule has 0 aromatic heterocycles. The third-order valence-electron chi connectivity index (χ3n) is 4.41. The van der Waals surface area contributed by atoms with Crippen LogP contribution in [0.4, 0.5) is 5.69 Å². The molecule has 3 aromatic carbocycles. The van der Waals surface area contributed by atoms with Gasteiger partial charge in [-0.2, -0.15) is 0 Å². The summed E-state index contributed by atoms with van der Waals surface area (Å²) in [7, 11) is 1.67. The van der Waals surface area contributed by atoms with Crippen molar-refractivity contribution >= 4 is 35.6 Å². The summed E-state index contributed by atoms with van der Waals surface area (Å²) in [6, 6.07) is 26.1. The molecule has 0 saturated heterocycles. The van der Waals surface area contributed by atoms with Crippen LogP contribution in [0.1, 0.15) is 16.7 Å². The van der Waals surface area contributed by atoms with Gasteiger partial charge in [0.1, 0.15) is 12.4 Å². The molecule has 6 heteroatoms. The Morgan fingerprint density at radius 1 is 0.900 bits per heavy atom. The molecule has 3 N–H and O–H groups in total. The fourth-order valence-corrected chi connectivity index (χ4v) is 2.94. The molecular weight excluding hydrogens is 489 g/mol. The van der Waals surface area contributed by atoms with E-state index in [1.807, 2.05) is 54.6 Å². The summed E-state index contributed by atoms with van der Waals surface area (Å²) in [6.45, 7) is 1.67. The molecule has 0 unspecified atom stereocenters. The van der Waals surface area contributed by atoms with Crippen LogP contribution in [0.2, 0.25) is 0 Å². The Morgan fingerprint density at radius 2 is 1.63 bits per heavy atom. The van der Waals surface area contributed by atoms with Crippen molar-refractivity contribution < 1.29 is 9.47 Å². The maximum atomic E-state index is 6.05. The molecule has 5 nitrogen and oxygen atoms in total. The zero-order valence-electron chi connectivity index (χ0n) is 17.1. The van der Waals surface area contributed by atoms with Gasteiger partial charge < -0.3 is 20.5 Å². The first-order valence-corrected chi connectivity index (χ1v) is 9.64. The molecule has 0 spiro atoms. The van der Waals surface area contributed by atoms with Crippen LogP contribution in [0.3, 0.4) is 0 Å². The summed E-state index contributed by atoms with van der Waals surface area (Å²) in [6.07, 6.45) is 0.782. The Labute approximate surface area is 195 Å². The smallest absolute Gasteiger partial charge is 0.193 e. The van der Waals surface area contributed by atoms with E-state index in [1.54, 1.807) is 7.11 Å². The number of nitrogens with two attached hydrogens (primary N) is 1.